The van der Waals surface area contributed by atoms with Crippen molar-refractivity contribution in [3.63, 3.8) is 0 Å². The molecule has 5 heterocycles. The van der Waals surface area contributed by atoms with Crippen molar-refractivity contribution in [2.75, 3.05) is 19.7 Å². The fourth-order valence-electron chi connectivity index (χ4n) is 5.92. The molecule has 2 saturated heterocycles. The third kappa shape index (κ3) is 5.47. The Bertz CT molecular complexity index is 1750. The topological polar surface area (TPSA) is 116 Å². The first kappa shape index (κ1) is 26.6. The van der Waals surface area contributed by atoms with Gasteiger partial charge >= 0.3 is 5.97 Å². The van der Waals surface area contributed by atoms with Gasteiger partial charge in [-0.15, -0.1) is 0 Å². The van der Waals surface area contributed by atoms with Gasteiger partial charge in [0.25, 0.3) is 0 Å². The number of carbonyl (C=O) groups is 1. The van der Waals surface area contributed by atoms with Gasteiger partial charge in [0, 0.05) is 31.2 Å². The minimum atomic E-state index is -0.931. The monoisotopic (exact) mass is 567 g/mol. The van der Waals surface area contributed by atoms with E-state index in [0.717, 1.165) is 78.2 Å². The molecule has 7 rings (SSSR count). The number of nitrogens with zero attached hydrogens (tertiary/aromatic N) is 5. The summed E-state index contributed by atoms with van der Waals surface area (Å²) >= 11 is 0. The van der Waals surface area contributed by atoms with Crippen LogP contribution < -0.4 is 4.74 Å². The Morgan fingerprint density at radius 3 is 2.67 bits per heavy atom. The Morgan fingerprint density at radius 1 is 1.02 bits per heavy atom. The first-order valence-corrected chi connectivity index (χ1v) is 14.5. The van der Waals surface area contributed by atoms with Crippen molar-refractivity contribution in [3.8, 4) is 5.88 Å². The van der Waals surface area contributed by atoms with Gasteiger partial charge in [-0.05, 0) is 74.3 Å². The average molecular weight is 568 g/mol. The van der Waals surface area contributed by atoms with Crippen molar-refractivity contribution >= 4 is 28.1 Å². The van der Waals surface area contributed by atoms with Crippen LogP contribution in [0.4, 0.5) is 0 Å². The molecule has 2 aromatic carbocycles. The molecular formula is C32H33N5O5. The van der Waals surface area contributed by atoms with Crippen LogP contribution in [0.1, 0.15) is 58.5 Å². The Balaban J connectivity index is 0.999. The molecule has 5 aromatic rings. The van der Waals surface area contributed by atoms with E-state index in [1.165, 1.54) is 0 Å². The smallest absolute Gasteiger partial charge is 0.335 e. The lowest BCUT2D eigenvalue weighted by molar-refractivity contribution is -0.0592. The summed E-state index contributed by atoms with van der Waals surface area (Å²) in [7, 11) is 0. The lowest BCUT2D eigenvalue weighted by Crippen LogP contribution is -2.35. The maximum absolute atomic E-state index is 11.6. The molecule has 10 heteroatoms. The summed E-state index contributed by atoms with van der Waals surface area (Å²) in [5.74, 6) is 1.66. The number of benzene rings is 2. The van der Waals surface area contributed by atoms with E-state index >= 15 is 0 Å². The van der Waals surface area contributed by atoms with Crippen molar-refractivity contribution in [3.05, 3.63) is 83.1 Å². The zero-order valence-corrected chi connectivity index (χ0v) is 23.5. The zero-order chi connectivity index (χ0) is 28.6. The zero-order valence-electron chi connectivity index (χ0n) is 23.5. The first-order chi connectivity index (χ1) is 20.5. The number of aromatic carboxylic acids is 1. The number of oxazole rings is 1. The summed E-state index contributed by atoms with van der Waals surface area (Å²) in [6.45, 7) is 6.29. The fraction of sp³-hybridized carbons (Fsp3) is 0.375. The second-order valence-corrected chi connectivity index (χ2v) is 11.2. The number of carboxylic acid groups (broad SMARTS) is 1. The fourth-order valence-corrected chi connectivity index (χ4v) is 5.92. The molecule has 2 aliphatic heterocycles. The standard InChI is InChI=1S/C32H33N5O5/c1-20-33-27-15-21(5-8-29(27)42-20)19-41-31-4-2-3-25(35-31)22-9-12-36(13-10-22)18-30-34-26-7-6-23(32(38)39)16-28(26)37(30)17-24-11-14-40-24/h2-8,15-16,22,24H,9-14,17-19H2,1H3,(H,38,39)/t24-/m0/s1. The number of piperidine rings is 1. The van der Waals surface area contributed by atoms with E-state index in [1.807, 2.05) is 37.3 Å². The Hall–Kier alpha value is -4.28. The third-order valence-corrected chi connectivity index (χ3v) is 8.32. The van der Waals surface area contributed by atoms with Gasteiger partial charge in [0.05, 0.1) is 35.8 Å². The van der Waals surface area contributed by atoms with Gasteiger partial charge in [0.15, 0.2) is 11.5 Å². The van der Waals surface area contributed by atoms with E-state index in [4.69, 9.17) is 23.9 Å². The number of pyridine rings is 1. The van der Waals surface area contributed by atoms with Gasteiger partial charge in [-0.2, -0.15) is 0 Å². The minimum absolute atomic E-state index is 0.148. The van der Waals surface area contributed by atoms with Crippen LogP contribution in [0, 0.1) is 6.92 Å². The van der Waals surface area contributed by atoms with Gasteiger partial charge in [-0.3, -0.25) is 4.90 Å². The van der Waals surface area contributed by atoms with Crippen LogP contribution in [0.25, 0.3) is 22.1 Å². The second kappa shape index (κ2) is 11.2. The van der Waals surface area contributed by atoms with E-state index in [0.29, 0.717) is 37.4 Å². The summed E-state index contributed by atoms with van der Waals surface area (Å²) in [4.78, 5) is 28.2. The van der Waals surface area contributed by atoms with Crippen molar-refractivity contribution in [2.24, 2.45) is 0 Å². The highest BCUT2D eigenvalue weighted by atomic mass is 16.5. The maximum atomic E-state index is 11.6. The number of fused-ring (bicyclic) bond motifs is 2. The van der Waals surface area contributed by atoms with Gasteiger partial charge in [-0.1, -0.05) is 12.1 Å². The molecule has 0 amide bonds. The minimum Gasteiger partial charge on any atom is -0.478 e. The first-order valence-electron chi connectivity index (χ1n) is 14.5. The van der Waals surface area contributed by atoms with Crippen LogP contribution in [0.2, 0.25) is 0 Å². The number of carboxylic acids is 1. The highest BCUT2D eigenvalue weighted by Gasteiger charge is 2.26. The van der Waals surface area contributed by atoms with Crippen LogP contribution in [-0.2, 0) is 24.4 Å². The molecule has 0 radical (unpaired) electrons. The second-order valence-electron chi connectivity index (χ2n) is 11.2. The van der Waals surface area contributed by atoms with Crippen LogP contribution in [0.15, 0.2) is 59.0 Å². The summed E-state index contributed by atoms with van der Waals surface area (Å²) in [5, 5.41) is 9.51. The number of ether oxygens (including phenoxy) is 2. The van der Waals surface area contributed by atoms with Crippen LogP contribution in [0.5, 0.6) is 5.88 Å². The number of aromatic nitrogens is 4. The summed E-state index contributed by atoms with van der Waals surface area (Å²) < 4.78 is 19.5. The Labute approximate surface area is 242 Å². The van der Waals surface area contributed by atoms with E-state index in [9.17, 15) is 9.90 Å². The number of aryl methyl sites for hydroxylation is 1. The predicted octanol–water partition coefficient (Wildman–Crippen LogP) is 5.33. The van der Waals surface area contributed by atoms with Gasteiger partial charge in [0.2, 0.25) is 5.88 Å². The molecule has 42 heavy (non-hydrogen) atoms. The van der Waals surface area contributed by atoms with E-state index < -0.39 is 5.97 Å². The molecule has 1 N–H and O–H groups in total. The molecule has 0 aliphatic carbocycles. The lowest BCUT2D eigenvalue weighted by atomic mass is 9.93. The number of rotatable bonds is 9. The van der Waals surface area contributed by atoms with Crippen LogP contribution >= 0.6 is 0 Å². The maximum Gasteiger partial charge on any atom is 0.335 e. The van der Waals surface area contributed by atoms with Crippen LogP contribution in [0.3, 0.4) is 0 Å². The molecule has 2 aliphatic rings. The highest BCUT2D eigenvalue weighted by molar-refractivity contribution is 5.92. The molecule has 1 atom stereocenters. The van der Waals surface area contributed by atoms with Gasteiger partial charge in [0.1, 0.15) is 17.9 Å². The normalized spacial score (nSPS) is 18.0. The number of hydrogen-bond donors (Lipinski definition) is 1. The number of likely N-dealkylation sites (tertiary alicyclic amines) is 1. The van der Waals surface area contributed by atoms with Gasteiger partial charge < -0.3 is 23.6 Å². The predicted molar refractivity (Wildman–Crippen MR) is 156 cm³/mol. The Morgan fingerprint density at radius 2 is 1.88 bits per heavy atom. The summed E-state index contributed by atoms with van der Waals surface area (Å²) in [6, 6.07) is 17.1. The number of hydrogen-bond acceptors (Lipinski definition) is 8. The molecule has 0 bridgehead atoms. The largest absolute Gasteiger partial charge is 0.478 e. The quantitative estimate of drug-likeness (QED) is 0.252. The summed E-state index contributed by atoms with van der Waals surface area (Å²) in [5.41, 5.74) is 5.64. The van der Waals surface area contributed by atoms with Crippen molar-refractivity contribution in [2.45, 2.75) is 57.9 Å². The Kier molecular flexibility index (Phi) is 7.09. The molecule has 10 nitrogen and oxygen atoms in total. The van der Waals surface area contributed by atoms with Crippen molar-refractivity contribution in [1.29, 1.82) is 0 Å². The highest BCUT2D eigenvalue weighted by Crippen LogP contribution is 2.30. The van der Waals surface area contributed by atoms with E-state index in [2.05, 4.69) is 20.5 Å². The SMILES string of the molecule is Cc1nc2cc(COc3cccc(C4CCN(Cc5nc6ccc(C(=O)O)cc6n5C[C@@H]5CCO5)CC4)n3)ccc2o1. The number of imidazole rings is 1. The lowest BCUT2D eigenvalue weighted by Gasteiger charge is -2.32. The molecule has 2 fully saturated rings. The molecule has 0 unspecified atom stereocenters. The molecular weight excluding hydrogens is 534 g/mol. The average Bonchev–Trinajstić information content (AvgIpc) is 3.52. The van der Waals surface area contributed by atoms with E-state index in [1.54, 1.807) is 18.2 Å². The van der Waals surface area contributed by atoms with Gasteiger partial charge in [-0.25, -0.2) is 19.7 Å². The molecule has 3 aromatic heterocycles. The summed E-state index contributed by atoms with van der Waals surface area (Å²) in [6.07, 6.45) is 3.15. The third-order valence-electron chi connectivity index (χ3n) is 8.32. The van der Waals surface area contributed by atoms with Crippen molar-refractivity contribution < 1.29 is 23.8 Å². The van der Waals surface area contributed by atoms with E-state index in [-0.39, 0.29) is 11.7 Å². The molecule has 216 valence electrons. The van der Waals surface area contributed by atoms with Crippen molar-refractivity contribution in [1.82, 2.24) is 24.4 Å². The molecule has 0 spiro atoms. The van der Waals surface area contributed by atoms with Crippen LogP contribution in [-0.4, -0.2) is 61.3 Å². The molecule has 0 saturated carbocycles.